The highest BCUT2D eigenvalue weighted by molar-refractivity contribution is 6.11. The summed E-state index contributed by atoms with van der Waals surface area (Å²) >= 11 is 0. The fourth-order valence-electron chi connectivity index (χ4n) is 3.56. The van der Waals surface area contributed by atoms with E-state index in [1.54, 1.807) is 17.0 Å². The fraction of sp³-hybridized carbons (Fsp3) is 0.227. The number of ether oxygens (including phenoxy) is 1. The van der Waals surface area contributed by atoms with Crippen molar-refractivity contribution in [2.75, 3.05) is 31.6 Å². The second-order valence-corrected chi connectivity index (χ2v) is 6.79. The molecule has 0 aliphatic carbocycles. The van der Waals surface area contributed by atoms with Gasteiger partial charge in [0.2, 0.25) is 0 Å². The molecule has 1 fully saturated rings. The molecule has 0 atom stereocenters. The van der Waals surface area contributed by atoms with Crippen LogP contribution in [0.25, 0.3) is 10.8 Å². The van der Waals surface area contributed by atoms with Crippen LogP contribution in [0, 0.1) is 18.6 Å². The third-order valence-corrected chi connectivity index (χ3v) is 5.00. The number of hydrogen-bond donors (Lipinski definition) is 1. The molecule has 0 saturated carbocycles. The van der Waals surface area contributed by atoms with Gasteiger partial charge in [0.05, 0.1) is 18.9 Å². The van der Waals surface area contributed by atoms with Crippen LogP contribution in [0.1, 0.15) is 15.9 Å². The highest BCUT2D eigenvalue weighted by Gasteiger charge is 2.22. The van der Waals surface area contributed by atoms with E-state index < -0.39 is 11.6 Å². The van der Waals surface area contributed by atoms with Gasteiger partial charge in [-0.2, -0.15) is 0 Å². The van der Waals surface area contributed by atoms with Gasteiger partial charge in [0.15, 0.2) is 11.6 Å². The van der Waals surface area contributed by atoms with Gasteiger partial charge in [0, 0.05) is 29.7 Å². The summed E-state index contributed by atoms with van der Waals surface area (Å²) in [4.78, 5) is 14.9. The summed E-state index contributed by atoms with van der Waals surface area (Å²) in [5.41, 5.74) is 2.20. The van der Waals surface area contributed by atoms with E-state index >= 15 is 0 Å². The molecule has 3 aromatic carbocycles. The molecule has 144 valence electrons. The minimum Gasteiger partial charge on any atom is -0.378 e. The molecule has 6 heteroatoms. The Morgan fingerprint density at radius 1 is 1.00 bits per heavy atom. The van der Waals surface area contributed by atoms with Gasteiger partial charge in [-0.25, -0.2) is 8.78 Å². The minimum absolute atomic E-state index is 0.0499. The lowest BCUT2D eigenvalue weighted by atomic mass is 9.97. The number of hydrogen-bond acceptors (Lipinski definition) is 3. The Morgan fingerprint density at radius 2 is 1.75 bits per heavy atom. The third-order valence-electron chi connectivity index (χ3n) is 5.00. The molecular formula is C22H20F2N2O2. The maximum Gasteiger partial charge on any atom is 0.254 e. The molecule has 1 heterocycles. The van der Waals surface area contributed by atoms with Crippen LogP contribution in [0.15, 0.2) is 48.5 Å². The van der Waals surface area contributed by atoms with Gasteiger partial charge in [-0.15, -0.1) is 0 Å². The fourth-order valence-corrected chi connectivity index (χ4v) is 3.56. The van der Waals surface area contributed by atoms with E-state index in [4.69, 9.17) is 4.74 Å². The summed E-state index contributed by atoms with van der Waals surface area (Å²) in [6.07, 6.45) is 0. The van der Waals surface area contributed by atoms with Crippen molar-refractivity contribution in [2.45, 2.75) is 6.92 Å². The summed E-state index contributed by atoms with van der Waals surface area (Å²) < 4.78 is 33.0. The smallest absolute Gasteiger partial charge is 0.254 e. The van der Waals surface area contributed by atoms with Crippen molar-refractivity contribution in [3.63, 3.8) is 0 Å². The Hall–Kier alpha value is -2.99. The Balaban J connectivity index is 1.79. The van der Waals surface area contributed by atoms with E-state index in [1.807, 2.05) is 25.1 Å². The molecule has 0 aromatic heterocycles. The lowest BCUT2D eigenvalue weighted by Gasteiger charge is -2.27. The van der Waals surface area contributed by atoms with Crippen LogP contribution in [0.4, 0.5) is 20.2 Å². The van der Waals surface area contributed by atoms with Gasteiger partial charge < -0.3 is 15.0 Å². The largest absolute Gasteiger partial charge is 0.378 e. The summed E-state index contributed by atoms with van der Waals surface area (Å²) in [5, 5.41) is 4.56. The van der Waals surface area contributed by atoms with E-state index in [0.29, 0.717) is 37.6 Å². The summed E-state index contributed by atoms with van der Waals surface area (Å²) in [6.45, 7) is 4.11. The highest BCUT2D eigenvalue weighted by Crippen LogP contribution is 2.33. The third kappa shape index (κ3) is 3.31. The average Bonchev–Trinajstić information content (AvgIpc) is 2.72. The molecule has 0 unspecified atom stereocenters. The molecule has 1 N–H and O–H groups in total. The van der Waals surface area contributed by atoms with Gasteiger partial charge in [0.1, 0.15) is 0 Å². The lowest BCUT2D eigenvalue weighted by molar-refractivity contribution is 0.0304. The first kappa shape index (κ1) is 18.4. The van der Waals surface area contributed by atoms with E-state index in [0.717, 1.165) is 22.4 Å². The normalized spacial score (nSPS) is 14.3. The predicted octanol–water partition coefficient (Wildman–Crippen LogP) is 4.64. The van der Waals surface area contributed by atoms with Crippen LogP contribution >= 0.6 is 0 Å². The van der Waals surface area contributed by atoms with Crippen molar-refractivity contribution in [3.05, 3.63) is 71.3 Å². The SMILES string of the molecule is Cc1cccc2c(Nc3cccc(F)c3F)ccc(C(=O)N3CCOCC3)c12. The van der Waals surface area contributed by atoms with Crippen LogP contribution in [-0.2, 0) is 4.74 Å². The number of morpholine rings is 1. The summed E-state index contributed by atoms with van der Waals surface area (Å²) in [6, 6.07) is 13.2. The van der Waals surface area contributed by atoms with Crippen LogP contribution in [0.5, 0.6) is 0 Å². The number of nitrogens with zero attached hydrogens (tertiary/aromatic N) is 1. The number of aryl methyl sites for hydroxylation is 1. The van der Waals surface area contributed by atoms with E-state index in [9.17, 15) is 13.6 Å². The Kier molecular flexibility index (Phi) is 4.96. The highest BCUT2D eigenvalue weighted by atomic mass is 19.2. The molecule has 0 radical (unpaired) electrons. The second-order valence-electron chi connectivity index (χ2n) is 6.79. The number of fused-ring (bicyclic) bond motifs is 1. The zero-order valence-corrected chi connectivity index (χ0v) is 15.5. The van der Waals surface area contributed by atoms with Crippen molar-refractivity contribution in [2.24, 2.45) is 0 Å². The van der Waals surface area contributed by atoms with Crippen LogP contribution in [-0.4, -0.2) is 37.1 Å². The molecule has 4 rings (SSSR count). The minimum atomic E-state index is -0.934. The number of halogens is 2. The number of benzene rings is 3. The monoisotopic (exact) mass is 382 g/mol. The van der Waals surface area contributed by atoms with Crippen molar-refractivity contribution in [1.29, 1.82) is 0 Å². The van der Waals surface area contributed by atoms with Gasteiger partial charge in [-0.1, -0.05) is 24.3 Å². The Bertz CT molecular complexity index is 1050. The molecule has 1 amide bonds. The number of carbonyl (C=O) groups is 1. The summed E-state index contributed by atoms with van der Waals surface area (Å²) in [7, 11) is 0. The molecule has 1 aliphatic heterocycles. The molecular weight excluding hydrogens is 362 g/mol. The van der Waals surface area contributed by atoms with Crippen LogP contribution < -0.4 is 5.32 Å². The van der Waals surface area contributed by atoms with Crippen molar-refractivity contribution >= 4 is 28.1 Å². The van der Waals surface area contributed by atoms with E-state index in [1.165, 1.54) is 12.1 Å². The van der Waals surface area contributed by atoms with Gasteiger partial charge in [-0.05, 0) is 42.1 Å². The number of amides is 1. The molecule has 1 aliphatic rings. The molecule has 0 bridgehead atoms. The maximum atomic E-state index is 14.1. The first-order valence-electron chi connectivity index (χ1n) is 9.16. The standard InChI is InChI=1S/C22H20F2N2O2/c1-14-4-2-5-15-18(25-19-7-3-6-17(23)21(19)24)9-8-16(20(14)15)22(27)26-10-12-28-13-11-26/h2-9,25H,10-13H2,1H3. The lowest BCUT2D eigenvalue weighted by Crippen LogP contribution is -2.40. The van der Waals surface area contributed by atoms with Gasteiger partial charge in [0.25, 0.3) is 5.91 Å². The first-order chi connectivity index (χ1) is 13.6. The van der Waals surface area contributed by atoms with E-state index in [2.05, 4.69) is 5.32 Å². The molecule has 28 heavy (non-hydrogen) atoms. The van der Waals surface area contributed by atoms with Gasteiger partial charge >= 0.3 is 0 Å². The Morgan fingerprint density at radius 3 is 2.54 bits per heavy atom. The predicted molar refractivity (Wildman–Crippen MR) is 105 cm³/mol. The second kappa shape index (κ2) is 7.56. The van der Waals surface area contributed by atoms with Crippen molar-refractivity contribution in [1.82, 2.24) is 4.90 Å². The molecule has 4 nitrogen and oxygen atoms in total. The molecule has 3 aromatic rings. The maximum absolute atomic E-state index is 14.1. The zero-order chi connectivity index (χ0) is 19.7. The molecule has 0 spiro atoms. The van der Waals surface area contributed by atoms with Crippen molar-refractivity contribution in [3.8, 4) is 0 Å². The molecule has 1 saturated heterocycles. The van der Waals surface area contributed by atoms with E-state index in [-0.39, 0.29) is 11.6 Å². The van der Waals surface area contributed by atoms with Crippen molar-refractivity contribution < 1.29 is 18.3 Å². The first-order valence-corrected chi connectivity index (χ1v) is 9.16. The Labute approximate surface area is 161 Å². The van der Waals surface area contributed by atoms with Crippen LogP contribution in [0.2, 0.25) is 0 Å². The van der Waals surface area contributed by atoms with Gasteiger partial charge in [-0.3, -0.25) is 4.79 Å². The number of nitrogens with one attached hydrogen (secondary N) is 1. The number of carbonyl (C=O) groups excluding carboxylic acids is 1. The average molecular weight is 382 g/mol. The topological polar surface area (TPSA) is 41.6 Å². The van der Waals surface area contributed by atoms with Crippen LogP contribution in [0.3, 0.4) is 0 Å². The summed E-state index contributed by atoms with van der Waals surface area (Å²) in [5.74, 6) is -1.90. The number of anilines is 2. The quantitative estimate of drug-likeness (QED) is 0.717. The zero-order valence-electron chi connectivity index (χ0n) is 15.5. The number of rotatable bonds is 3.